The number of carbonyl (C=O) groups is 1. The quantitative estimate of drug-likeness (QED) is 0.492. The number of nitrogens with one attached hydrogen (secondary N) is 1. The minimum absolute atomic E-state index is 0.118. The molecule has 0 aromatic heterocycles. The highest BCUT2D eigenvalue weighted by Crippen LogP contribution is 2.27. The SMILES string of the molecule is NNC(=O)C(c1ccccc1)N1CCCN2CCCC2C1. The summed E-state index contributed by atoms with van der Waals surface area (Å²) in [5.74, 6) is 5.31. The van der Waals surface area contributed by atoms with Crippen LogP contribution in [0.1, 0.15) is 30.9 Å². The summed E-state index contributed by atoms with van der Waals surface area (Å²) in [6.45, 7) is 4.25. The first kappa shape index (κ1) is 14.5. The van der Waals surface area contributed by atoms with Gasteiger partial charge in [0.1, 0.15) is 6.04 Å². The van der Waals surface area contributed by atoms with Gasteiger partial charge in [-0.3, -0.25) is 20.0 Å². The molecule has 0 bridgehead atoms. The van der Waals surface area contributed by atoms with E-state index in [4.69, 9.17) is 5.84 Å². The van der Waals surface area contributed by atoms with E-state index in [2.05, 4.69) is 15.2 Å². The molecular weight excluding hydrogens is 264 g/mol. The second kappa shape index (κ2) is 6.56. The third-order valence-electron chi connectivity index (χ3n) is 4.71. The molecule has 3 N–H and O–H groups in total. The third-order valence-corrected chi connectivity index (χ3v) is 4.71. The van der Waals surface area contributed by atoms with Crippen LogP contribution in [0.25, 0.3) is 0 Å². The van der Waals surface area contributed by atoms with Crippen LogP contribution in [0.3, 0.4) is 0 Å². The minimum atomic E-state index is -0.281. The van der Waals surface area contributed by atoms with Gasteiger partial charge in [0.25, 0.3) is 5.91 Å². The van der Waals surface area contributed by atoms with E-state index in [0.29, 0.717) is 6.04 Å². The Morgan fingerprint density at radius 2 is 1.95 bits per heavy atom. The third kappa shape index (κ3) is 3.10. The summed E-state index contributed by atoms with van der Waals surface area (Å²) in [6.07, 6.45) is 3.62. The molecule has 5 heteroatoms. The van der Waals surface area contributed by atoms with Crippen LogP contribution in [-0.4, -0.2) is 47.9 Å². The zero-order chi connectivity index (χ0) is 14.7. The van der Waals surface area contributed by atoms with Gasteiger partial charge in [-0.15, -0.1) is 0 Å². The van der Waals surface area contributed by atoms with Crippen molar-refractivity contribution in [2.24, 2.45) is 5.84 Å². The second-order valence-electron chi connectivity index (χ2n) is 6.00. The van der Waals surface area contributed by atoms with Crippen molar-refractivity contribution in [2.45, 2.75) is 31.3 Å². The number of benzene rings is 1. The summed E-state index contributed by atoms with van der Waals surface area (Å²) < 4.78 is 0. The Morgan fingerprint density at radius 1 is 1.19 bits per heavy atom. The van der Waals surface area contributed by atoms with Crippen molar-refractivity contribution in [3.8, 4) is 0 Å². The summed E-state index contributed by atoms with van der Waals surface area (Å²) in [7, 11) is 0. The molecule has 3 rings (SSSR count). The van der Waals surface area contributed by atoms with Gasteiger partial charge < -0.3 is 0 Å². The lowest BCUT2D eigenvalue weighted by Crippen LogP contribution is -2.46. The minimum Gasteiger partial charge on any atom is -0.299 e. The standard InChI is InChI=1S/C16H24N4O/c17-18-16(21)15(13-6-2-1-3-7-13)20-11-5-10-19-9-4-8-14(19)12-20/h1-3,6-7,14-15H,4-5,8-12,17H2,(H,18,21). The first-order valence-electron chi connectivity index (χ1n) is 7.83. The number of nitrogens with two attached hydrogens (primary N) is 1. The molecule has 114 valence electrons. The summed E-state index contributed by atoms with van der Waals surface area (Å²) in [5, 5.41) is 0. The zero-order valence-corrected chi connectivity index (χ0v) is 12.4. The monoisotopic (exact) mass is 288 g/mol. The maximum absolute atomic E-state index is 12.3. The van der Waals surface area contributed by atoms with Gasteiger partial charge in [0.05, 0.1) is 0 Å². The van der Waals surface area contributed by atoms with E-state index >= 15 is 0 Å². The highest BCUT2D eigenvalue weighted by Gasteiger charge is 2.34. The molecule has 2 aliphatic heterocycles. The number of hydrogen-bond donors (Lipinski definition) is 2. The number of amides is 1. The van der Waals surface area contributed by atoms with E-state index in [1.165, 1.54) is 19.4 Å². The smallest absolute Gasteiger partial charge is 0.255 e. The van der Waals surface area contributed by atoms with E-state index in [-0.39, 0.29) is 11.9 Å². The van der Waals surface area contributed by atoms with Crippen molar-refractivity contribution >= 4 is 5.91 Å². The lowest BCUT2D eigenvalue weighted by atomic mass is 10.0. The highest BCUT2D eigenvalue weighted by atomic mass is 16.2. The Bertz CT molecular complexity index is 478. The van der Waals surface area contributed by atoms with Gasteiger partial charge in [0, 0.05) is 19.1 Å². The molecule has 0 aliphatic carbocycles. The molecule has 2 aliphatic rings. The Hall–Kier alpha value is -1.43. The van der Waals surface area contributed by atoms with Crippen molar-refractivity contribution in [2.75, 3.05) is 26.2 Å². The van der Waals surface area contributed by atoms with Crippen molar-refractivity contribution in [1.29, 1.82) is 0 Å². The van der Waals surface area contributed by atoms with Crippen molar-refractivity contribution in [3.05, 3.63) is 35.9 Å². The average Bonchev–Trinajstić information content (AvgIpc) is 2.86. The fourth-order valence-corrected chi connectivity index (χ4v) is 3.71. The maximum atomic E-state index is 12.3. The van der Waals surface area contributed by atoms with Gasteiger partial charge in [0.2, 0.25) is 0 Å². The molecule has 1 aromatic rings. The van der Waals surface area contributed by atoms with Gasteiger partial charge >= 0.3 is 0 Å². The molecule has 2 atom stereocenters. The van der Waals surface area contributed by atoms with Gasteiger partial charge in [-0.05, 0) is 37.9 Å². The molecule has 2 unspecified atom stereocenters. The molecule has 1 amide bonds. The summed E-state index contributed by atoms with van der Waals surface area (Å²) >= 11 is 0. The van der Waals surface area contributed by atoms with Gasteiger partial charge in [0.15, 0.2) is 0 Å². The van der Waals surface area contributed by atoms with Crippen LogP contribution in [0.15, 0.2) is 30.3 Å². The molecule has 2 saturated heterocycles. The van der Waals surface area contributed by atoms with Crippen LogP contribution >= 0.6 is 0 Å². The topological polar surface area (TPSA) is 61.6 Å². The van der Waals surface area contributed by atoms with Gasteiger partial charge in [-0.1, -0.05) is 30.3 Å². The van der Waals surface area contributed by atoms with Crippen LogP contribution in [0.5, 0.6) is 0 Å². The van der Waals surface area contributed by atoms with Crippen LogP contribution in [0.2, 0.25) is 0 Å². The molecule has 5 nitrogen and oxygen atoms in total. The highest BCUT2D eigenvalue weighted by molar-refractivity contribution is 5.82. The van der Waals surface area contributed by atoms with Crippen LogP contribution in [0, 0.1) is 0 Å². The number of hydrazine groups is 1. The van der Waals surface area contributed by atoms with E-state index in [0.717, 1.165) is 31.6 Å². The van der Waals surface area contributed by atoms with E-state index < -0.39 is 0 Å². The molecule has 0 spiro atoms. The van der Waals surface area contributed by atoms with E-state index in [1.54, 1.807) is 0 Å². The number of rotatable bonds is 3. The van der Waals surface area contributed by atoms with Crippen molar-refractivity contribution in [1.82, 2.24) is 15.2 Å². The predicted molar refractivity (Wildman–Crippen MR) is 82.3 cm³/mol. The Labute approximate surface area is 126 Å². The van der Waals surface area contributed by atoms with Crippen molar-refractivity contribution in [3.63, 3.8) is 0 Å². The first-order chi connectivity index (χ1) is 10.3. The van der Waals surface area contributed by atoms with Crippen molar-refractivity contribution < 1.29 is 4.79 Å². The Balaban J connectivity index is 1.83. The van der Waals surface area contributed by atoms with Crippen LogP contribution in [-0.2, 0) is 4.79 Å². The van der Waals surface area contributed by atoms with Gasteiger partial charge in [-0.25, -0.2) is 5.84 Å². The van der Waals surface area contributed by atoms with Crippen LogP contribution in [0.4, 0.5) is 0 Å². The summed E-state index contributed by atoms with van der Waals surface area (Å²) in [6, 6.07) is 10.3. The normalized spacial score (nSPS) is 25.1. The molecule has 1 aromatic carbocycles. The number of hydrogen-bond acceptors (Lipinski definition) is 4. The molecule has 21 heavy (non-hydrogen) atoms. The molecule has 2 fully saturated rings. The molecule has 0 saturated carbocycles. The molecule has 0 radical (unpaired) electrons. The lowest BCUT2D eigenvalue weighted by Gasteiger charge is -2.31. The predicted octanol–water partition coefficient (Wildman–Crippen LogP) is 0.888. The summed E-state index contributed by atoms with van der Waals surface area (Å²) in [5.41, 5.74) is 3.37. The summed E-state index contributed by atoms with van der Waals surface area (Å²) in [4.78, 5) is 17.2. The maximum Gasteiger partial charge on any atom is 0.255 e. The molecule has 2 heterocycles. The first-order valence-corrected chi connectivity index (χ1v) is 7.83. The molecular formula is C16H24N4O. The Morgan fingerprint density at radius 3 is 2.71 bits per heavy atom. The fraction of sp³-hybridized carbons (Fsp3) is 0.562. The van der Waals surface area contributed by atoms with E-state index in [1.807, 2.05) is 30.3 Å². The number of carbonyl (C=O) groups excluding carboxylic acids is 1. The zero-order valence-electron chi connectivity index (χ0n) is 12.4. The van der Waals surface area contributed by atoms with Crippen LogP contribution < -0.4 is 11.3 Å². The average molecular weight is 288 g/mol. The number of fused-ring (bicyclic) bond motifs is 1. The van der Waals surface area contributed by atoms with E-state index in [9.17, 15) is 4.79 Å². The largest absolute Gasteiger partial charge is 0.299 e. The second-order valence-corrected chi connectivity index (χ2v) is 6.00. The van der Waals surface area contributed by atoms with Gasteiger partial charge in [-0.2, -0.15) is 0 Å². The Kier molecular flexibility index (Phi) is 4.53. The fourth-order valence-electron chi connectivity index (χ4n) is 3.71. The lowest BCUT2D eigenvalue weighted by molar-refractivity contribution is -0.126. The number of nitrogens with zero attached hydrogens (tertiary/aromatic N) is 2.